The van der Waals surface area contributed by atoms with Crippen LogP contribution in [0.5, 0.6) is 0 Å². The summed E-state index contributed by atoms with van der Waals surface area (Å²) >= 11 is 0. The summed E-state index contributed by atoms with van der Waals surface area (Å²) in [5.41, 5.74) is 1.36. The first-order chi connectivity index (χ1) is 8.81. The second kappa shape index (κ2) is 5.04. The summed E-state index contributed by atoms with van der Waals surface area (Å²) < 4.78 is 2.01. The molecule has 100 valence electrons. The number of aryl methyl sites for hydroxylation is 2. The van der Waals surface area contributed by atoms with Gasteiger partial charge in [0.05, 0.1) is 0 Å². The van der Waals surface area contributed by atoms with Crippen LogP contribution in [0.15, 0.2) is 12.3 Å². The molecule has 1 N–H and O–H groups in total. The molecule has 0 spiro atoms. The molecule has 2 saturated carbocycles. The first-order valence-electron chi connectivity index (χ1n) is 7.45. The molecule has 0 radical (unpaired) electrons. The molecule has 0 bridgehead atoms. The Morgan fingerprint density at radius 1 is 1.39 bits per heavy atom. The van der Waals surface area contributed by atoms with E-state index in [1.54, 1.807) is 0 Å². The van der Waals surface area contributed by atoms with E-state index < -0.39 is 0 Å². The Bertz CT molecular complexity index is 386. The first kappa shape index (κ1) is 12.2. The van der Waals surface area contributed by atoms with Crippen molar-refractivity contribution in [3.8, 4) is 0 Å². The first-order valence-corrected chi connectivity index (χ1v) is 7.45. The Kier molecular flexibility index (Phi) is 3.42. The lowest BCUT2D eigenvalue weighted by Gasteiger charge is -2.16. The summed E-state index contributed by atoms with van der Waals surface area (Å²) in [5.74, 6) is 3.05. The maximum Gasteiger partial charge on any atom is 0.0492 e. The van der Waals surface area contributed by atoms with Gasteiger partial charge in [0.2, 0.25) is 0 Å². The SMILES string of the molecule is CNC(CCc1ccnn1C)C1C2CCCCC21. The minimum atomic E-state index is 0.716. The van der Waals surface area contributed by atoms with Crippen molar-refractivity contribution in [2.45, 2.75) is 44.6 Å². The molecule has 3 unspecified atom stereocenters. The monoisotopic (exact) mass is 247 g/mol. The summed E-state index contributed by atoms with van der Waals surface area (Å²) in [6.45, 7) is 0. The Labute approximate surface area is 110 Å². The van der Waals surface area contributed by atoms with Gasteiger partial charge in [-0.15, -0.1) is 0 Å². The Balaban J connectivity index is 1.56. The highest BCUT2D eigenvalue weighted by Crippen LogP contribution is 2.57. The van der Waals surface area contributed by atoms with Crippen LogP contribution in [-0.2, 0) is 13.5 Å². The number of hydrogen-bond acceptors (Lipinski definition) is 2. The fourth-order valence-electron chi connectivity index (χ4n) is 4.12. The predicted octanol–water partition coefficient (Wildman–Crippen LogP) is 2.38. The molecular formula is C15H25N3. The van der Waals surface area contributed by atoms with Crippen LogP contribution in [0.25, 0.3) is 0 Å². The molecule has 1 aromatic heterocycles. The van der Waals surface area contributed by atoms with Crippen molar-refractivity contribution in [2.24, 2.45) is 24.8 Å². The van der Waals surface area contributed by atoms with Gasteiger partial charge < -0.3 is 5.32 Å². The number of nitrogens with zero attached hydrogens (tertiary/aromatic N) is 2. The molecule has 0 saturated heterocycles. The molecule has 3 atom stereocenters. The predicted molar refractivity (Wildman–Crippen MR) is 73.3 cm³/mol. The standard InChI is InChI=1S/C15H25N3/c1-16-14(8-7-11-9-10-17-18(11)2)15-12-5-3-4-6-13(12)15/h9-10,12-16H,3-8H2,1-2H3. The molecule has 2 aliphatic rings. The fourth-order valence-corrected chi connectivity index (χ4v) is 4.12. The molecule has 3 heteroatoms. The van der Waals surface area contributed by atoms with Gasteiger partial charge >= 0.3 is 0 Å². The van der Waals surface area contributed by atoms with E-state index in [9.17, 15) is 0 Å². The number of fused-ring (bicyclic) bond motifs is 1. The minimum Gasteiger partial charge on any atom is -0.317 e. The maximum atomic E-state index is 4.25. The second-order valence-electron chi connectivity index (χ2n) is 6.07. The van der Waals surface area contributed by atoms with Crippen molar-refractivity contribution in [3.63, 3.8) is 0 Å². The topological polar surface area (TPSA) is 29.9 Å². The maximum absolute atomic E-state index is 4.25. The van der Waals surface area contributed by atoms with Crippen molar-refractivity contribution in [1.82, 2.24) is 15.1 Å². The average Bonchev–Trinajstić information content (AvgIpc) is 2.97. The molecular weight excluding hydrogens is 222 g/mol. The minimum absolute atomic E-state index is 0.716. The summed E-state index contributed by atoms with van der Waals surface area (Å²) in [4.78, 5) is 0. The van der Waals surface area contributed by atoms with Crippen molar-refractivity contribution < 1.29 is 0 Å². The van der Waals surface area contributed by atoms with E-state index in [-0.39, 0.29) is 0 Å². The fraction of sp³-hybridized carbons (Fsp3) is 0.800. The molecule has 0 amide bonds. The Morgan fingerprint density at radius 3 is 2.67 bits per heavy atom. The van der Waals surface area contributed by atoms with Crippen molar-refractivity contribution >= 4 is 0 Å². The zero-order valence-corrected chi connectivity index (χ0v) is 11.6. The third-order valence-electron chi connectivity index (χ3n) is 5.19. The zero-order chi connectivity index (χ0) is 12.5. The van der Waals surface area contributed by atoms with Gasteiger partial charge in [-0.05, 0) is 56.6 Å². The molecule has 0 aromatic carbocycles. The highest BCUT2D eigenvalue weighted by molar-refractivity contribution is 5.06. The summed E-state index contributed by atoms with van der Waals surface area (Å²) in [6, 6.07) is 2.86. The van der Waals surface area contributed by atoms with Crippen LogP contribution in [0.2, 0.25) is 0 Å². The third-order valence-corrected chi connectivity index (χ3v) is 5.19. The smallest absolute Gasteiger partial charge is 0.0492 e. The van der Waals surface area contributed by atoms with Crippen molar-refractivity contribution in [3.05, 3.63) is 18.0 Å². The van der Waals surface area contributed by atoms with E-state index in [0.717, 1.165) is 24.2 Å². The van der Waals surface area contributed by atoms with E-state index in [1.807, 2.05) is 17.9 Å². The lowest BCUT2D eigenvalue weighted by atomic mass is 10.0. The van der Waals surface area contributed by atoms with Gasteiger partial charge in [-0.1, -0.05) is 12.8 Å². The third kappa shape index (κ3) is 2.20. The van der Waals surface area contributed by atoms with Gasteiger partial charge in [0.25, 0.3) is 0 Å². The van der Waals surface area contributed by atoms with Crippen molar-refractivity contribution in [2.75, 3.05) is 7.05 Å². The van der Waals surface area contributed by atoms with Gasteiger partial charge in [-0.25, -0.2) is 0 Å². The number of rotatable bonds is 5. The van der Waals surface area contributed by atoms with Crippen LogP contribution in [0.4, 0.5) is 0 Å². The van der Waals surface area contributed by atoms with Gasteiger partial charge in [-0.2, -0.15) is 5.10 Å². The van der Waals surface area contributed by atoms with E-state index in [0.29, 0.717) is 6.04 Å². The molecule has 0 aliphatic heterocycles. The highest BCUT2D eigenvalue weighted by Gasteiger charge is 2.53. The van der Waals surface area contributed by atoms with Gasteiger partial charge in [0.15, 0.2) is 0 Å². The highest BCUT2D eigenvalue weighted by atomic mass is 15.2. The van der Waals surface area contributed by atoms with Crippen LogP contribution in [0.1, 0.15) is 37.8 Å². The molecule has 2 fully saturated rings. The summed E-state index contributed by atoms with van der Waals surface area (Å²) in [7, 11) is 4.18. The van der Waals surface area contributed by atoms with E-state index in [1.165, 1.54) is 37.8 Å². The largest absolute Gasteiger partial charge is 0.317 e. The summed E-state index contributed by atoms with van der Waals surface area (Å²) in [6.07, 6.45) is 10.2. The van der Waals surface area contributed by atoms with Crippen LogP contribution in [0.3, 0.4) is 0 Å². The molecule has 3 rings (SSSR count). The van der Waals surface area contributed by atoms with E-state index in [4.69, 9.17) is 0 Å². The molecule has 2 aliphatic carbocycles. The van der Waals surface area contributed by atoms with E-state index >= 15 is 0 Å². The lowest BCUT2D eigenvalue weighted by Crippen LogP contribution is -2.29. The number of aromatic nitrogens is 2. The van der Waals surface area contributed by atoms with Crippen LogP contribution >= 0.6 is 0 Å². The van der Waals surface area contributed by atoms with Crippen molar-refractivity contribution in [1.29, 1.82) is 0 Å². The molecule has 18 heavy (non-hydrogen) atoms. The number of hydrogen-bond donors (Lipinski definition) is 1. The van der Waals surface area contributed by atoms with Crippen LogP contribution < -0.4 is 5.32 Å². The van der Waals surface area contributed by atoms with E-state index in [2.05, 4.69) is 23.5 Å². The van der Waals surface area contributed by atoms with Crippen LogP contribution in [0, 0.1) is 17.8 Å². The Morgan fingerprint density at radius 2 is 2.11 bits per heavy atom. The average molecular weight is 247 g/mol. The van der Waals surface area contributed by atoms with Gasteiger partial charge in [0, 0.05) is 25.0 Å². The molecule has 1 heterocycles. The normalized spacial score (nSPS) is 32.0. The summed E-state index contributed by atoms with van der Waals surface area (Å²) in [5, 5.41) is 7.82. The van der Waals surface area contributed by atoms with Gasteiger partial charge in [-0.3, -0.25) is 4.68 Å². The van der Waals surface area contributed by atoms with Crippen LogP contribution in [-0.4, -0.2) is 22.9 Å². The quantitative estimate of drug-likeness (QED) is 0.866. The van der Waals surface area contributed by atoms with Gasteiger partial charge in [0.1, 0.15) is 0 Å². The molecule has 1 aromatic rings. The number of nitrogens with one attached hydrogen (secondary N) is 1. The molecule has 3 nitrogen and oxygen atoms in total. The second-order valence-corrected chi connectivity index (χ2v) is 6.07. The lowest BCUT2D eigenvalue weighted by molar-refractivity contribution is 0.430. The Hall–Kier alpha value is -0.830. The zero-order valence-electron chi connectivity index (χ0n) is 11.6.